The van der Waals surface area contributed by atoms with E-state index in [1.807, 2.05) is 36.4 Å². The van der Waals surface area contributed by atoms with E-state index in [0.717, 1.165) is 16.3 Å². The number of hydrogen-bond acceptors (Lipinski definition) is 5. The van der Waals surface area contributed by atoms with E-state index >= 15 is 0 Å². The van der Waals surface area contributed by atoms with Crippen LogP contribution < -0.4 is 5.32 Å². The molecule has 2 aromatic carbocycles. The molecule has 28 heavy (non-hydrogen) atoms. The van der Waals surface area contributed by atoms with Gasteiger partial charge >= 0.3 is 11.8 Å². The minimum Gasteiger partial charge on any atom is -0.391 e. The number of anilines is 1. The molecule has 1 aromatic heterocycles. The van der Waals surface area contributed by atoms with E-state index in [2.05, 4.69) is 16.5 Å². The van der Waals surface area contributed by atoms with Crippen LogP contribution in [-0.4, -0.2) is 46.2 Å². The zero-order chi connectivity index (χ0) is 19.7. The monoisotopic (exact) mass is 379 g/mol. The van der Waals surface area contributed by atoms with Crippen LogP contribution in [0.15, 0.2) is 53.1 Å². The molecule has 0 aliphatic carbocycles. The van der Waals surface area contributed by atoms with E-state index in [-0.39, 0.29) is 18.3 Å². The topological polar surface area (TPSA) is 95.7 Å². The summed E-state index contributed by atoms with van der Waals surface area (Å²) in [6.45, 7) is 2.21. The Morgan fingerprint density at radius 3 is 2.68 bits per heavy atom. The van der Waals surface area contributed by atoms with Gasteiger partial charge in [0, 0.05) is 25.1 Å². The molecule has 144 valence electrons. The van der Waals surface area contributed by atoms with Crippen LogP contribution in [-0.2, 0) is 9.59 Å². The number of hydrogen-bond donors (Lipinski definition) is 2. The predicted molar refractivity (Wildman–Crippen MR) is 104 cm³/mol. The van der Waals surface area contributed by atoms with E-state index in [1.54, 1.807) is 6.92 Å². The van der Waals surface area contributed by atoms with Crippen molar-refractivity contribution in [3.63, 3.8) is 0 Å². The van der Waals surface area contributed by atoms with Gasteiger partial charge in [-0.15, -0.1) is 0 Å². The lowest BCUT2D eigenvalue weighted by atomic mass is 9.86. The van der Waals surface area contributed by atoms with Gasteiger partial charge in [-0.05, 0) is 29.7 Å². The molecule has 2 amide bonds. The van der Waals surface area contributed by atoms with Crippen molar-refractivity contribution in [3.05, 3.63) is 59.9 Å². The Bertz CT molecular complexity index is 1030. The summed E-state index contributed by atoms with van der Waals surface area (Å²) in [5.74, 6) is -0.812. The molecular formula is C21H21N3O4. The Labute approximate surface area is 161 Å². The maximum absolute atomic E-state index is 12.4. The van der Waals surface area contributed by atoms with Gasteiger partial charge in [-0.2, -0.15) is 0 Å². The normalized spacial score (nSPS) is 19.6. The second-order valence-corrected chi connectivity index (χ2v) is 7.10. The highest BCUT2D eigenvalue weighted by molar-refractivity contribution is 6.39. The fourth-order valence-corrected chi connectivity index (χ4v) is 3.68. The first kappa shape index (κ1) is 18.2. The number of rotatable bonds is 2. The fourth-order valence-electron chi connectivity index (χ4n) is 3.68. The molecule has 0 saturated carbocycles. The van der Waals surface area contributed by atoms with Gasteiger partial charge < -0.3 is 14.5 Å². The summed E-state index contributed by atoms with van der Waals surface area (Å²) in [5.41, 5.74) is 1.04. The minimum atomic E-state index is -0.787. The zero-order valence-corrected chi connectivity index (χ0v) is 15.5. The number of β-amino-alcohol motifs (C(OH)–C–C–N with tert-alkyl or cyclic N) is 1. The highest BCUT2D eigenvalue weighted by Crippen LogP contribution is 2.30. The third kappa shape index (κ3) is 3.61. The molecule has 1 fully saturated rings. The highest BCUT2D eigenvalue weighted by Gasteiger charge is 2.33. The molecule has 1 aliphatic rings. The second-order valence-electron chi connectivity index (χ2n) is 7.10. The highest BCUT2D eigenvalue weighted by atomic mass is 16.5. The van der Waals surface area contributed by atoms with E-state index < -0.39 is 17.9 Å². The Kier molecular flexibility index (Phi) is 4.83. The van der Waals surface area contributed by atoms with Gasteiger partial charge in [-0.1, -0.05) is 47.6 Å². The molecule has 4 rings (SSSR count). The average molecular weight is 379 g/mol. The molecule has 0 bridgehead atoms. The summed E-state index contributed by atoms with van der Waals surface area (Å²) < 4.78 is 4.87. The second kappa shape index (κ2) is 7.44. The van der Waals surface area contributed by atoms with Gasteiger partial charge in [0.2, 0.25) is 0 Å². The molecule has 7 heteroatoms. The first-order chi connectivity index (χ1) is 13.5. The van der Waals surface area contributed by atoms with Gasteiger partial charge in [0.1, 0.15) is 5.76 Å². The first-order valence-corrected chi connectivity index (χ1v) is 9.21. The van der Waals surface area contributed by atoms with Crippen molar-refractivity contribution in [1.82, 2.24) is 10.1 Å². The number of aryl methyl sites for hydroxylation is 1. The number of likely N-dealkylation sites (tertiary alicyclic amines) is 1. The van der Waals surface area contributed by atoms with Crippen molar-refractivity contribution in [2.75, 3.05) is 18.4 Å². The number of nitrogens with zero attached hydrogens (tertiary/aromatic N) is 2. The summed E-state index contributed by atoms with van der Waals surface area (Å²) in [4.78, 5) is 26.0. The van der Waals surface area contributed by atoms with E-state index in [9.17, 15) is 14.7 Å². The van der Waals surface area contributed by atoms with Gasteiger partial charge in [0.05, 0.1) is 6.10 Å². The number of benzene rings is 2. The Morgan fingerprint density at radius 1 is 1.18 bits per heavy atom. The SMILES string of the molecule is Cc1cc(NC(=O)C(=O)N2CC[C@H](c3ccc4ccccc4c3)[C@@H](O)C2)no1. The lowest BCUT2D eigenvalue weighted by Crippen LogP contribution is -2.49. The average Bonchev–Trinajstić information content (AvgIpc) is 3.11. The molecule has 0 spiro atoms. The van der Waals surface area contributed by atoms with Crippen molar-refractivity contribution in [2.24, 2.45) is 0 Å². The molecule has 2 atom stereocenters. The smallest absolute Gasteiger partial charge is 0.315 e. The van der Waals surface area contributed by atoms with Crippen molar-refractivity contribution in [2.45, 2.75) is 25.4 Å². The van der Waals surface area contributed by atoms with Gasteiger partial charge in [-0.3, -0.25) is 14.9 Å². The summed E-state index contributed by atoms with van der Waals surface area (Å²) in [5, 5.41) is 19.0. The minimum absolute atomic E-state index is 0.0742. The molecule has 7 nitrogen and oxygen atoms in total. The maximum Gasteiger partial charge on any atom is 0.315 e. The van der Waals surface area contributed by atoms with Crippen molar-refractivity contribution < 1.29 is 19.2 Å². The Hall–Kier alpha value is -3.19. The molecule has 0 radical (unpaired) electrons. The number of amides is 2. The zero-order valence-electron chi connectivity index (χ0n) is 15.5. The largest absolute Gasteiger partial charge is 0.391 e. The first-order valence-electron chi connectivity index (χ1n) is 9.21. The molecule has 3 aromatic rings. The van der Waals surface area contributed by atoms with Crippen LogP contribution in [0, 0.1) is 6.92 Å². The number of nitrogens with one attached hydrogen (secondary N) is 1. The van der Waals surface area contributed by atoms with Gasteiger partial charge in [-0.25, -0.2) is 0 Å². The third-order valence-electron chi connectivity index (χ3n) is 5.13. The van der Waals surface area contributed by atoms with Crippen LogP contribution in [0.3, 0.4) is 0 Å². The van der Waals surface area contributed by atoms with Crippen LogP contribution in [0.2, 0.25) is 0 Å². The molecule has 2 heterocycles. The van der Waals surface area contributed by atoms with E-state index in [0.29, 0.717) is 18.7 Å². The van der Waals surface area contributed by atoms with Crippen LogP contribution in [0.25, 0.3) is 10.8 Å². The molecule has 1 aliphatic heterocycles. The van der Waals surface area contributed by atoms with Gasteiger partial charge in [0.15, 0.2) is 5.82 Å². The summed E-state index contributed by atoms with van der Waals surface area (Å²) in [7, 11) is 0. The maximum atomic E-state index is 12.4. The van der Waals surface area contributed by atoms with Crippen molar-refractivity contribution >= 4 is 28.4 Å². The van der Waals surface area contributed by atoms with E-state index in [4.69, 9.17) is 4.52 Å². The van der Waals surface area contributed by atoms with Crippen molar-refractivity contribution in [1.29, 1.82) is 0 Å². The molecule has 1 saturated heterocycles. The molecule has 2 N–H and O–H groups in total. The predicted octanol–water partition coefficient (Wildman–Crippen LogP) is 2.45. The quantitative estimate of drug-likeness (QED) is 0.667. The van der Waals surface area contributed by atoms with E-state index in [1.165, 1.54) is 11.0 Å². The number of aliphatic hydroxyl groups excluding tert-OH is 1. The van der Waals surface area contributed by atoms with Gasteiger partial charge in [0.25, 0.3) is 0 Å². The molecule has 0 unspecified atom stereocenters. The standard InChI is InChI=1S/C21H21N3O4/c1-13-10-19(23-28-13)22-20(26)21(27)24-9-8-17(18(25)12-24)16-7-6-14-4-2-3-5-15(14)11-16/h2-7,10-11,17-18,25H,8-9,12H2,1H3,(H,22,23,26)/t17-,18+/m1/s1. The summed E-state index contributed by atoms with van der Waals surface area (Å²) in [6, 6.07) is 15.7. The number of piperidine rings is 1. The summed E-state index contributed by atoms with van der Waals surface area (Å²) >= 11 is 0. The Morgan fingerprint density at radius 2 is 1.96 bits per heavy atom. The number of carbonyl (C=O) groups is 2. The lowest BCUT2D eigenvalue weighted by Gasteiger charge is -2.35. The Balaban J connectivity index is 1.42. The fraction of sp³-hybridized carbons (Fsp3) is 0.286. The number of fused-ring (bicyclic) bond motifs is 1. The number of aliphatic hydroxyl groups is 1. The number of carbonyl (C=O) groups excluding carboxylic acids is 2. The molecular weight excluding hydrogens is 358 g/mol. The van der Waals surface area contributed by atoms with Crippen molar-refractivity contribution in [3.8, 4) is 0 Å². The summed E-state index contributed by atoms with van der Waals surface area (Å²) in [6.07, 6.45) is -0.150. The third-order valence-corrected chi connectivity index (χ3v) is 5.13. The van der Waals surface area contributed by atoms with Crippen LogP contribution in [0.5, 0.6) is 0 Å². The van der Waals surface area contributed by atoms with Crippen LogP contribution in [0.4, 0.5) is 5.82 Å². The number of aromatic nitrogens is 1. The van der Waals surface area contributed by atoms with Crippen LogP contribution >= 0.6 is 0 Å². The lowest BCUT2D eigenvalue weighted by molar-refractivity contribution is -0.145. The van der Waals surface area contributed by atoms with Crippen LogP contribution in [0.1, 0.15) is 23.7 Å².